The van der Waals surface area contributed by atoms with Gasteiger partial charge in [-0.2, -0.15) is 0 Å². The van der Waals surface area contributed by atoms with Crippen LogP contribution in [0.5, 0.6) is 0 Å². The molecular weight excluding hydrogens is 308 g/mol. The van der Waals surface area contributed by atoms with Crippen LogP contribution >= 0.6 is 23.7 Å². The SMILES string of the molecule is Cl.O=C(NCC(O)c1cc2ccccc2s1)C1CCCN1. The van der Waals surface area contributed by atoms with Crippen molar-refractivity contribution in [1.82, 2.24) is 10.6 Å². The molecule has 2 atom stereocenters. The lowest BCUT2D eigenvalue weighted by Gasteiger charge is -2.13. The van der Waals surface area contributed by atoms with E-state index in [9.17, 15) is 9.90 Å². The molecule has 2 heterocycles. The standard InChI is InChI=1S/C15H18N2O2S.ClH/c18-12(9-17-15(19)11-5-3-7-16-11)14-8-10-4-1-2-6-13(10)20-14;/h1-2,4,6,8,11-12,16,18H,3,5,7,9H2,(H,17,19);1H. The number of aliphatic hydroxyl groups is 1. The quantitative estimate of drug-likeness (QED) is 0.807. The summed E-state index contributed by atoms with van der Waals surface area (Å²) in [6.45, 7) is 1.17. The average Bonchev–Trinajstić information content (AvgIpc) is 3.12. The molecule has 0 saturated carbocycles. The molecule has 1 saturated heterocycles. The van der Waals surface area contributed by atoms with Crippen molar-refractivity contribution in [3.63, 3.8) is 0 Å². The van der Waals surface area contributed by atoms with E-state index in [-0.39, 0.29) is 30.9 Å². The zero-order valence-electron chi connectivity index (χ0n) is 11.5. The predicted octanol–water partition coefficient (Wildman–Crippen LogP) is 2.22. The van der Waals surface area contributed by atoms with Crippen LogP contribution in [-0.2, 0) is 4.79 Å². The summed E-state index contributed by atoms with van der Waals surface area (Å²) in [7, 11) is 0. The van der Waals surface area contributed by atoms with Crippen molar-refractivity contribution in [1.29, 1.82) is 0 Å². The van der Waals surface area contributed by atoms with Gasteiger partial charge in [-0.15, -0.1) is 23.7 Å². The summed E-state index contributed by atoms with van der Waals surface area (Å²) in [6, 6.07) is 9.94. The molecule has 3 N–H and O–H groups in total. The van der Waals surface area contributed by atoms with Gasteiger partial charge in [0.05, 0.1) is 6.04 Å². The summed E-state index contributed by atoms with van der Waals surface area (Å²) >= 11 is 1.57. The lowest BCUT2D eigenvalue weighted by molar-refractivity contribution is -0.123. The molecule has 6 heteroatoms. The number of aliphatic hydroxyl groups excluding tert-OH is 1. The van der Waals surface area contributed by atoms with E-state index < -0.39 is 6.10 Å². The van der Waals surface area contributed by atoms with Crippen LogP contribution in [0.15, 0.2) is 30.3 Å². The highest BCUT2D eigenvalue weighted by molar-refractivity contribution is 7.19. The Kier molecular flexibility index (Phi) is 5.58. The van der Waals surface area contributed by atoms with Crippen molar-refractivity contribution in [2.75, 3.05) is 13.1 Å². The number of fused-ring (bicyclic) bond motifs is 1. The zero-order valence-corrected chi connectivity index (χ0v) is 13.2. The second-order valence-corrected chi connectivity index (χ2v) is 6.21. The Bertz CT molecular complexity index is 577. The highest BCUT2D eigenvalue weighted by atomic mass is 35.5. The van der Waals surface area contributed by atoms with Gasteiger partial charge in [0.15, 0.2) is 0 Å². The van der Waals surface area contributed by atoms with Crippen molar-refractivity contribution < 1.29 is 9.90 Å². The number of carbonyl (C=O) groups excluding carboxylic acids is 1. The molecule has 1 aliphatic rings. The molecule has 1 amide bonds. The van der Waals surface area contributed by atoms with Crippen molar-refractivity contribution in [3.8, 4) is 0 Å². The molecule has 114 valence electrons. The van der Waals surface area contributed by atoms with Crippen molar-refractivity contribution >= 4 is 39.7 Å². The Morgan fingerprint density at radius 3 is 3.00 bits per heavy atom. The van der Waals surface area contributed by atoms with E-state index in [4.69, 9.17) is 0 Å². The third-order valence-electron chi connectivity index (χ3n) is 3.62. The molecule has 2 unspecified atom stereocenters. The van der Waals surface area contributed by atoms with Gasteiger partial charge in [0.25, 0.3) is 0 Å². The first kappa shape index (κ1) is 16.2. The molecule has 0 radical (unpaired) electrons. The van der Waals surface area contributed by atoms with E-state index in [0.29, 0.717) is 0 Å². The number of hydrogen-bond donors (Lipinski definition) is 3. The van der Waals surface area contributed by atoms with Crippen LogP contribution in [0.1, 0.15) is 23.8 Å². The summed E-state index contributed by atoms with van der Waals surface area (Å²) in [5.74, 6) is -0.0114. The van der Waals surface area contributed by atoms with Gasteiger partial charge in [0.2, 0.25) is 5.91 Å². The number of hydrogen-bond acceptors (Lipinski definition) is 4. The van der Waals surface area contributed by atoms with E-state index in [1.807, 2.05) is 30.3 Å². The lowest BCUT2D eigenvalue weighted by atomic mass is 10.2. The predicted molar refractivity (Wildman–Crippen MR) is 88.1 cm³/mol. The molecular formula is C15H19ClN2O2S. The van der Waals surface area contributed by atoms with Crippen LogP contribution in [0.2, 0.25) is 0 Å². The fraction of sp³-hybridized carbons (Fsp3) is 0.400. The van der Waals surface area contributed by atoms with Gasteiger partial charge in [0.1, 0.15) is 6.10 Å². The third kappa shape index (κ3) is 3.74. The minimum atomic E-state index is -0.641. The highest BCUT2D eigenvalue weighted by Crippen LogP contribution is 2.29. The molecule has 0 spiro atoms. The van der Waals surface area contributed by atoms with Gasteiger partial charge < -0.3 is 15.7 Å². The molecule has 1 aliphatic heterocycles. The summed E-state index contributed by atoms with van der Waals surface area (Å²) < 4.78 is 1.16. The largest absolute Gasteiger partial charge is 0.386 e. The average molecular weight is 327 g/mol. The zero-order chi connectivity index (χ0) is 13.9. The van der Waals surface area contributed by atoms with Gasteiger partial charge >= 0.3 is 0 Å². The van der Waals surface area contributed by atoms with E-state index in [0.717, 1.165) is 34.3 Å². The lowest BCUT2D eigenvalue weighted by Crippen LogP contribution is -2.41. The van der Waals surface area contributed by atoms with Crippen LogP contribution < -0.4 is 10.6 Å². The normalized spacial score (nSPS) is 19.2. The van der Waals surface area contributed by atoms with Crippen LogP contribution in [0.3, 0.4) is 0 Å². The van der Waals surface area contributed by atoms with Crippen LogP contribution in [0.25, 0.3) is 10.1 Å². The van der Waals surface area contributed by atoms with Crippen molar-refractivity contribution in [2.24, 2.45) is 0 Å². The van der Waals surface area contributed by atoms with Gasteiger partial charge in [-0.3, -0.25) is 4.79 Å². The first-order valence-corrected chi connectivity index (χ1v) is 7.73. The minimum Gasteiger partial charge on any atom is -0.386 e. The first-order valence-electron chi connectivity index (χ1n) is 6.91. The molecule has 1 aromatic heterocycles. The topological polar surface area (TPSA) is 61.4 Å². The molecule has 0 aliphatic carbocycles. The molecule has 2 aromatic rings. The molecule has 21 heavy (non-hydrogen) atoms. The number of nitrogens with one attached hydrogen (secondary N) is 2. The minimum absolute atomic E-state index is 0. The number of thiophene rings is 1. The molecule has 3 rings (SSSR count). The highest BCUT2D eigenvalue weighted by Gasteiger charge is 2.22. The Balaban J connectivity index is 0.00000161. The third-order valence-corrected chi connectivity index (χ3v) is 4.84. The van der Waals surface area contributed by atoms with E-state index in [1.54, 1.807) is 11.3 Å². The second kappa shape index (κ2) is 7.22. The molecule has 1 aromatic carbocycles. The summed E-state index contributed by atoms with van der Waals surface area (Å²) in [5, 5.41) is 17.3. The van der Waals surface area contributed by atoms with Gasteiger partial charge in [-0.1, -0.05) is 18.2 Å². The first-order chi connectivity index (χ1) is 9.74. The Labute approximate surface area is 134 Å². The summed E-state index contributed by atoms with van der Waals surface area (Å²) in [5.41, 5.74) is 0. The summed E-state index contributed by atoms with van der Waals surface area (Å²) in [6.07, 6.45) is 1.28. The molecule has 0 bridgehead atoms. The monoisotopic (exact) mass is 326 g/mol. The molecule has 4 nitrogen and oxygen atoms in total. The Morgan fingerprint density at radius 1 is 1.48 bits per heavy atom. The molecule has 1 fully saturated rings. The maximum atomic E-state index is 11.9. The van der Waals surface area contributed by atoms with Gasteiger partial charge in [-0.05, 0) is 36.9 Å². The fourth-order valence-electron chi connectivity index (χ4n) is 2.50. The van der Waals surface area contributed by atoms with Crippen molar-refractivity contribution in [2.45, 2.75) is 25.0 Å². The number of carbonyl (C=O) groups is 1. The maximum Gasteiger partial charge on any atom is 0.237 e. The van der Waals surface area contributed by atoms with Gasteiger partial charge in [0, 0.05) is 16.1 Å². The number of rotatable bonds is 4. The van der Waals surface area contributed by atoms with E-state index >= 15 is 0 Å². The fourth-order valence-corrected chi connectivity index (χ4v) is 3.55. The number of amides is 1. The van der Waals surface area contributed by atoms with Gasteiger partial charge in [-0.25, -0.2) is 0 Å². The van der Waals surface area contributed by atoms with E-state index in [2.05, 4.69) is 10.6 Å². The smallest absolute Gasteiger partial charge is 0.237 e. The maximum absolute atomic E-state index is 11.9. The summed E-state index contributed by atoms with van der Waals surface area (Å²) in [4.78, 5) is 12.8. The number of halogens is 1. The Morgan fingerprint density at radius 2 is 2.29 bits per heavy atom. The second-order valence-electron chi connectivity index (χ2n) is 5.10. The Hall–Kier alpha value is -1.14. The number of benzene rings is 1. The van der Waals surface area contributed by atoms with Crippen molar-refractivity contribution in [3.05, 3.63) is 35.2 Å². The van der Waals surface area contributed by atoms with Crippen LogP contribution in [0, 0.1) is 0 Å². The van der Waals surface area contributed by atoms with Crippen LogP contribution in [-0.4, -0.2) is 30.1 Å². The van der Waals surface area contributed by atoms with E-state index in [1.165, 1.54) is 0 Å². The van der Waals surface area contributed by atoms with Crippen LogP contribution in [0.4, 0.5) is 0 Å².